The van der Waals surface area contributed by atoms with Gasteiger partial charge in [0.1, 0.15) is 0 Å². The van der Waals surface area contributed by atoms with Gasteiger partial charge in [-0.1, -0.05) is 35.9 Å². The first-order valence-corrected chi connectivity index (χ1v) is 9.30. The van der Waals surface area contributed by atoms with E-state index in [1.807, 2.05) is 30.3 Å². The fourth-order valence-corrected chi connectivity index (χ4v) is 2.80. The predicted molar refractivity (Wildman–Crippen MR) is 113 cm³/mol. The molecule has 0 spiro atoms. The number of aliphatic imine (C=N–C) groups is 1. The lowest BCUT2D eigenvalue weighted by Crippen LogP contribution is -2.36. The molecule has 0 radical (unpaired) electrons. The molecule has 0 saturated heterocycles. The van der Waals surface area contributed by atoms with Crippen molar-refractivity contribution in [2.45, 2.75) is 20.0 Å². The zero-order valence-electron chi connectivity index (χ0n) is 17.2. The summed E-state index contributed by atoms with van der Waals surface area (Å²) in [4.78, 5) is 8.58. The summed E-state index contributed by atoms with van der Waals surface area (Å²) in [5.74, 6) is 3.38. The first-order chi connectivity index (χ1) is 14.1. The van der Waals surface area contributed by atoms with Crippen molar-refractivity contribution < 1.29 is 13.9 Å². The molecule has 7 heteroatoms. The van der Waals surface area contributed by atoms with Crippen LogP contribution in [0.4, 0.5) is 0 Å². The number of methoxy groups -OCH3 is 2. The number of oxazole rings is 1. The van der Waals surface area contributed by atoms with Crippen LogP contribution in [0.5, 0.6) is 11.5 Å². The third kappa shape index (κ3) is 5.28. The molecular weight excluding hydrogens is 368 g/mol. The summed E-state index contributed by atoms with van der Waals surface area (Å²) in [5.41, 5.74) is 3.26. The third-order valence-electron chi connectivity index (χ3n) is 4.43. The Balaban J connectivity index is 1.55. The Hall–Kier alpha value is -3.48. The maximum atomic E-state index is 5.84. The normalized spacial score (nSPS) is 11.2. The molecule has 0 bridgehead atoms. The summed E-state index contributed by atoms with van der Waals surface area (Å²) in [5, 5.41) is 6.47. The predicted octanol–water partition coefficient (Wildman–Crippen LogP) is 3.53. The van der Waals surface area contributed by atoms with E-state index in [0.29, 0.717) is 36.4 Å². The van der Waals surface area contributed by atoms with E-state index >= 15 is 0 Å². The molecule has 0 aliphatic carbocycles. The number of guanidine groups is 1. The van der Waals surface area contributed by atoms with Gasteiger partial charge >= 0.3 is 0 Å². The van der Waals surface area contributed by atoms with Crippen molar-refractivity contribution >= 4 is 5.96 Å². The van der Waals surface area contributed by atoms with Crippen LogP contribution >= 0.6 is 0 Å². The number of nitrogens with one attached hydrogen (secondary N) is 2. The second-order valence-electron chi connectivity index (χ2n) is 6.45. The lowest BCUT2D eigenvalue weighted by molar-refractivity contribution is 0.354. The van der Waals surface area contributed by atoms with E-state index < -0.39 is 0 Å². The number of aryl methyl sites for hydroxylation is 1. The van der Waals surface area contributed by atoms with Gasteiger partial charge in [-0.05, 0) is 24.6 Å². The van der Waals surface area contributed by atoms with Crippen molar-refractivity contribution in [3.05, 3.63) is 65.7 Å². The highest BCUT2D eigenvalue weighted by molar-refractivity contribution is 5.79. The SMILES string of the molecule is CN=C(NCc1ccc(OC)c(OC)c1)NCc1ncc(-c2ccc(C)cc2)o1. The maximum Gasteiger partial charge on any atom is 0.214 e. The summed E-state index contributed by atoms with van der Waals surface area (Å²) >= 11 is 0. The van der Waals surface area contributed by atoms with E-state index in [0.717, 1.165) is 16.9 Å². The number of rotatable bonds is 7. The molecular formula is C22H26N4O3. The Labute approximate surface area is 170 Å². The Bertz CT molecular complexity index is 964. The summed E-state index contributed by atoms with van der Waals surface area (Å²) in [6, 6.07) is 13.9. The fraction of sp³-hybridized carbons (Fsp3) is 0.273. The van der Waals surface area contributed by atoms with Crippen molar-refractivity contribution in [3.63, 3.8) is 0 Å². The van der Waals surface area contributed by atoms with Crippen molar-refractivity contribution in [1.82, 2.24) is 15.6 Å². The van der Waals surface area contributed by atoms with E-state index in [9.17, 15) is 0 Å². The second kappa shape index (κ2) is 9.64. The van der Waals surface area contributed by atoms with E-state index in [1.54, 1.807) is 27.5 Å². The highest BCUT2D eigenvalue weighted by Gasteiger charge is 2.08. The topological polar surface area (TPSA) is 80.9 Å². The van der Waals surface area contributed by atoms with Gasteiger partial charge in [0.15, 0.2) is 23.2 Å². The number of hydrogen-bond donors (Lipinski definition) is 2. The van der Waals surface area contributed by atoms with Crippen LogP contribution in [0.1, 0.15) is 17.0 Å². The van der Waals surface area contributed by atoms with Gasteiger partial charge in [0.05, 0.1) is 27.0 Å². The molecule has 0 amide bonds. The number of benzene rings is 2. The van der Waals surface area contributed by atoms with E-state index in [4.69, 9.17) is 13.9 Å². The summed E-state index contributed by atoms with van der Waals surface area (Å²) in [6.07, 6.45) is 1.74. The summed E-state index contributed by atoms with van der Waals surface area (Å²) in [7, 11) is 4.96. The number of aromatic nitrogens is 1. The Morgan fingerprint density at radius 3 is 2.41 bits per heavy atom. The Morgan fingerprint density at radius 2 is 1.72 bits per heavy atom. The first-order valence-electron chi connectivity index (χ1n) is 9.30. The molecule has 29 heavy (non-hydrogen) atoms. The molecule has 7 nitrogen and oxygen atoms in total. The number of hydrogen-bond acceptors (Lipinski definition) is 5. The van der Waals surface area contributed by atoms with E-state index in [-0.39, 0.29) is 0 Å². The quantitative estimate of drug-likeness (QED) is 0.471. The number of nitrogens with zero attached hydrogens (tertiary/aromatic N) is 2. The Morgan fingerprint density at radius 1 is 1.00 bits per heavy atom. The zero-order chi connectivity index (χ0) is 20.6. The zero-order valence-corrected chi connectivity index (χ0v) is 17.2. The van der Waals surface area contributed by atoms with Gasteiger partial charge in [-0.3, -0.25) is 4.99 Å². The van der Waals surface area contributed by atoms with Crippen molar-refractivity contribution in [3.8, 4) is 22.8 Å². The molecule has 0 aliphatic heterocycles. The van der Waals surface area contributed by atoms with Gasteiger partial charge < -0.3 is 24.5 Å². The van der Waals surface area contributed by atoms with Crippen LogP contribution in [0.15, 0.2) is 58.1 Å². The van der Waals surface area contributed by atoms with Crippen molar-refractivity contribution in [2.24, 2.45) is 4.99 Å². The van der Waals surface area contributed by atoms with Gasteiger partial charge in [0.2, 0.25) is 5.89 Å². The van der Waals surface area contributed by atoms with Crippen LogP contribution in [0.25, 0.3) is 11.3 Å². The molecule has 0 atom stereocenters. The van der Waals surface area contributed by atoms with Gasteiger partial charge in [-0.25, -0.2) is 4.98 Å². The molecule has 1 heterocycles. The first kappa shape index (κ1) is 20.3. The lowest BCUT2D eigenvalue weighted by Gasteiger charge is -2.12. The molecule has 0 aliphatic rings. The van der Waals surface area contributed by atoms with Crippen LogP contribution in [-0.2, 0) is 13.1 Å². The molecule has 0 fully saturated rings. The van der Waals surface area contributed by atoms with Gasteiger partial charge in [0.25, 0.3) is 0 Å². The molecule has 0 saturated carbocycles. The van der Waals surface area contributed by atoms with Crippen molar-refractivity contribution in [2.75, 3.05) is 21.3 Å². The molecule has 3 rings (SSSR count). The maximum absolute atomic E-state index is 5.84. The van der Waals surface area contributed by atoms with Crippen molar-refractivity contribution in [1.29, 1.82) is 0 Å². The van der Waals surface area contributed by atoms with Crippen LogP contribution in [0.3, 0.4) is 0 Å². The fourth-order valence-electron chi connectivity index (χ4n) is 2.80. The van der Waals surface area contributed by atoms with Crippen LogP contribution in [-0.4, -0.2) is 32.2 Å². The molecule has 2 N–H and O–H groups in total. The highest BCUT2D eigenvalue weighted by atomic mass is 16.5. The van der Waals surface area contributed by atoms with Gasteiger partial charge in [-0.2, -0.15) is 0 Å². The standard InChI is InChI=1S/C22H26N4O3/c1-15-5-8-17(9-6-15)20-13-24-21(29-20)14-26-22(23-2)25-12-16-7-10-18(27-3)19(11-16)28-4/h5-11,13H,12,14H2,1-4H3,(H2,23,25,26). The Kier molecular flexibility index (Phi) is 6.73. The average Bonchev–Trinajstić information content (AvgIpc) is 3.23. The monoisotopic (exact) mass is 394 g/mol. The molecule has 2 aromatic carbocycles. The summed E-state index contributed by atoms with van der Waals surface area (Å²) in [6.45, 7) is 3.07. The average molecular weight is 394 g/mol. The largest absolute Gasteiger partial charge is 0.493 e. The summed E-state index contributed by atoms with van der Waals surface area (Å²) < 4.78 is 16.4. The minimum absolute atomic E-state index is 0.428. The van der Waals surface area contributed by atoms with Crippen LogP contribution < -0.4 is 20.1 Å². The molecule has 152 valence electrons. The minimum Gasteiger partial charge on any atom is -0.493 e. The molecule has 3 aromatic rings. The van der Waals surface area contributed by atoms with E-state index in [2.05, 4.69) is 39.7 Å². The van der Waals surface area contributed by atoms with E-state index in [1.165, 1.54) is 5.56 Å². The van der Waals surface area contributed by atoms with Crippen LogP contribution in [0.2, 0.25) is 0 Å². The molecule has 1 aromatic heterocycles. The second-order valence-corrected chi connectivity index (χ2v) is 6.45. The van der Waals surface area contributed by atoms with Gasteiger partial charge in [0, 0.05) is 19.2 Å². The highest BCUT2D eigenvalue weighted by Crippen LogP contribution is 2.27. The van der Waals surface area contributed by atoms with Crippen LogP contribution in [0, 0.1) is 6.92 Å². The number of ether oxygens (including phenoxy) is 2. The minimum atomic E-state index is 0.428. The third-order valence-corrected chi connectivity index (χ3v) is 4.43. The lowest BCUT2D eigenvalue weighted by atomic mass is 10.1. The smallest absolute Gasteiger partial charge is 0.214 e. The van der Waals surface area contributed by atoms with Gasteiger partial charge in [-0.15, -0.1) is 0 Å². The molecule has 0 unspecified atom stereocenters.